The number of aliphatic hydroxyl groups is 2. The Bertz CT molecular complexity index is 988. The highest BCUT2D eigenvalue weighted by Gasteiger charge is 2.24. The monoisotopic (exact) mass is 800 g/mol. The van der Waals surface area contributed by atoms with Crippen molar-refractivity contribution in [2.45, 2.75) is 257 Å². The van der Waals surface area contributed by atoms with Crippen molar-refractivity contribution in [1.29, 1.82) is 0 Å². The number of unbranched alkanes of at least 4 members (excludes halogenated alkanes) is 25. The zero-order chi connectivity index (χ0) is 41.7. The first-order valence-electron chi connectivity index (χ1n) is 24.4. The first kappa shape index (κ1) is 54.8. The van der Waals surface area contributed by atoms with Crippen molar-refractivity contribution < 1.29 is 24.5 Å². The number of aliphatic hydroxyl groups excluding tert-OH is 2. The summed E-state index contributed by atoms with van der Waals surface area (Å²) in [6.45, 7) is 6.38. The number of amides is 1. The van der Waals surface area contributed by atoms with E-state index in [9.17, 15) is 19.8 Å². The lowest BCUT2D eigenvalue weighted by Gasteiger charge is -2.24. The molecule has 0 radical (unpaired) electrons. The molecule has 0 saturated carbocycles. The van der Waals surface area contributed by atoms with E-state index < -0.39 is 18.2 Å². The maximum Gasteiger partial charge on any atom is 0.306 e. The second-order valence-corrected chi connectivity index (χ2v) is 16.6. The number of carbonyl (C=O) groups is 2. The van der Waals surface area contributed by atoms with Gasteiger partial charge in [-0.1, -0.05) is 204 Å². The van der Waals surface area contributed by atoms with Crippen LogP contribution in [-0.2, 0) is 14.3 Å². The number of carbonyl (C=O) groups excluding carboxylic acids is 2. The molecule has 6 nitrogen and oxygen atoms in total. The van der Waals surface area contributed by atoms with Crippen LogP contribution < -0.4 is 5.32 Å². The molecule has 3 N–H and O–H groups in total. The second kappa shape index (κ2) is 44.9. The van der Waals surface area contributed by atoms with Crippen molar-refractivity contribution in [3.05, 3.63) is 48.6 Å². The van der Waals surface area contributed by atoms with Gasteiger partial charge in [0.15, 0.2) is 0 Å². The van der Waals surface area contributed by atoms with Gasteiger partial charge in [0.25, 0.3) is 0 Å². The summed E-state index contributed by atoms with van der Waals surface area (Å²) in [6.07, 6.45) is 53.2. The van der Waals surface area contributed by atoms with Crippen LogP contribution in [0.15, 0.2) is 48.6 Å². The predicted molar refractivity (Wildman–Crippen MR) is 245 cm³/mol. The summed E-state index contributed by atoms with van der Waals surface area (Å²) in [5, 5.41) is 23.6. The zero-order valence-corrected chi connectivity index (χ0v) is 37.7. The van der Waals surface area contributed by atoms with Gasteiger partial charge in [0.2, 0.25) is 5.91 Å². The molecule has 0 aliphatic rings. The molecule has 0 aromatic heterocycles. The molecular formula is C51H93NO5. The molecule has 0 heterocycles. The molecule has 0 rings (SSSR count). The number of rotatable bonds is 43. The number of allylic oxidation sites excluding steroid dienone is 8. The lowest BCUT2D eigenvalue weighted by Crippen LogP contribution is -2.46. The van der Waals surface area contributed by atoms with E-state index in [1.54, 1.807) is 0 Å². The minimum Gasteiger partial charge on any atom is -0.462 e. The van der Waals surface area contributed by atoms with Gasteiger partial charge < -0.3 is 20.3 Å². The quantitative estimate of drug-likeness (QED) is 0.0247. The average molecular weight is 800 g/mol. The molecule has 0 saturated heterocycles. The van der Waals surface area contributed by atoms with Crippen LogP contribution in [0.3, 0.4) is 0 Å². The molecule has 0 spiro atoms. The topological polar surface area (TPSA) is 95.9 Å². The molecule has 57 heavy (non-hydrogen) atoms. The van der Waals surface area contributed by atoms with Crippen LogP contribution in [0, 0.1) is 0 Å². The molecule has 3 unspecified atom stereocenters. The van der Waals surface area contributed by atoms with Crippen molar-refractivity contribution in [3.63, 3.8) is 0 Å². The lowest BCUT2D eigenvalue weighted by atomic mass is 10.0. The highest BCUT2D eigenvalue weighted by atomic mass is 16.5. The van der Waals surface area contributed by atoms with Crippen molar-refractivity contribution >= 4 is 11.9 Å². The van der Waals surface area contributed by atoms with E-state index in [0.29, 0.717) is 19.3 Å². The molecule has 0 aliphatic carbocycles. The third-order valence-corrected chi connectivity index (χ3v) is 10.9. The molecule has 1 amide bonds. The fourth-order valence-corrected chi connectivity index (χ4v) is 7.20. The van der Waals surface area contributed by atoms with E-state index in [-0.39, 0.29) is 24.9 Å². The highest BCUT2D eigenvalue weighted by Crippen LogP contribution is 2.17. The molecule has 0 aliphatic heterocycles. The first-order chi connectivity index (χ1) is 28.0. The standard InChI is InChI=1S/C51H93NO5/c1-4-7-10-13-16-19-21-23-24-25-26-27-28-30-32-35-38-41-44-51(56)57-47(42-39-36-33-18-15-12-9-6-3)45-50(55)52-48(46-53)49(54)43-40-37-34-31-29-22-20-17-14-11-8-5-2/h12,15,21,23-27,47-49,53-54H,4-11,13-14,16-20,22,28-46H2,1-3H3,(H,52,55)/b15-12-,23-21+,25-24+,27-26+. The molecule has 6 heteroatoms. The van der Waals surface area contributed by atoms with E-state index in [4.69, 9.17) is 4.74 Å². The maximum atomic E-state index is 13.1. The van der Waals surface area contributed by atoms with E-state index >= 15 is 0 Å². The molecule has 0 fully saturated rings. The van der Waals surface area contributed by atoms with Gasteiger partial charge >= 0.3 is 5.97 Å². The maximum absolute atomic E-state index is 13.1. The molecule has 332 valence electrons. The Morgan fingerprint density at radius 3 is 1.47 bits per heavy atom. The second-order valence-electron chi connectivity index (χ2n) is 16.6. The van der Waals surface area contributed by atoms with Gasteiger partial charge in [-0.05, 0) is 70.6 Å². The normalized spacial score (nSPS) is 13.7. The SMILES string of the molecule is CCC/C=C\CCCCCC(CC(=O)NC(CO)C(O)CCCCCCCCCCCCCC)OC(=O)CCCCCCC/C=C/C=C/C=C/CCCCCCC. The van der Waals surface area contributed by atoms with Gasteiger partial charge in [0, 0.05) is 6.42 Å². The largest absolute Gasteiger partial charge is 0.462 e. The Morgan fingerprint density at radius 1 is 0.509 bits per heavy atom. The predicted octanol–water partition coefficient (Wildman–Crippen LogP) is 14.3. The summed E-state index contributed by atoms with van der Waals surface area (Å²) in [7, 11) is 0. The summed E-state index contributed by atoms with van der Waals surface area (Å²) >= 11 is 0. The van der Waals surface area contributed by atoms with E-state index in [1.807, 2.05) is 0 Å². The zero-order valence-electron chi connectivity index (χ0n) is 37.7. The van der Waals surface area contributed by atoms with Gasteiger partial charge in [0.05, 0.1) is 25.2 Å². The fraction of sp³-hybridized carbons (Fsp3) is 0.804. The Balaban J connectivity index is 4.48. The Labute approximate surface area is 353 Å². The van der Waals surface area contributed by atoms with Crippen LogP contribution in [-0.4, -0.2) is 46.9 Å². The van der Waals surface area contributed by atoms with Gasteiger partial charge in [-0.3, -0.25) is 9.59 Å². The number of hydrogen-bond acceptors (Lipinski definition) is 5. The van der Waals surface area contributed by atoms with Crippen molar-refractivity contribution in [3.8, 4) is 0 Å². The number of esters is 1. The summed E-state index contributed by atoms with van der Waals surface area (Å²) < 4.78 is 5.88. The minimum absolute atomic E-state index is 0.0576. The van der Waals surface area contributed by atoms with Crippen LogP contribution in [0.25, 0.3) is 0 Å². The van der Waals surface area contributed by atoms with Crippen LogP contribution in [0.2, 0.25) is 0 Å². The van der Waals surface area contributed by atoms with E-state index in [1.165, 1.54) is 96.3 Å². The summed E-state index contributed by atoms with van der Waals surface area (Å²) in [6, 6.07) is -0.708. The van der Waals surface area contributed by atoms with Crippen molar-refractivity contribution in [2.75, 3.05) is 6.61 Å². The first-order valence-corrected chi connectivity index (χ1v) is 24.4. The smallest absolute Gasteiger partial charge is 0.306 e. The van der Waals surface area contributed by atoms with Gasteiger partial charge in [-0.25, -0.2) is 0 Å². The van der Waals surface area contributed by atoms with Crippen LogP contribution in [0.4, 0.5) is 0 Å². The Morgan fingerprint density at radius 2 is 0.947 bits per heavy atom. The van der Waals surface area contributed by atoms with E-state index in [0.717, 1.165) is 96.3 Å². The van der Waals surface area contributed by atoms with Crippen molar-refractivity contribution in [1.82, 2.24) is 5.32 Å². The molecule has 0 aromatic carbocycles. The number of nitrogens with one attached hydrogen (secondary N) is 1. The molecule has 0 bridgehead atoms. The molecule has 3 atom stereocenters. The van der Waals surface area contributed by atoms with Crippen LogP contribution >= 0.6 is 0 Å². The lowest BCUT2D eigenvalue weighted by molar-refractivity contribution is -0.151. The van der Waals surface area contributed by atoms with E-state index in [2.05, 4.69) is 74.7 Å². The van der Waals surface area contributed by atoms with Crippen LogP contribution in [0.1, 0.15) is 239 Å². The molecule has 0 aromatic rings. The Hall–Kier alpha value is -2.18. The number of hydrogen-bond donors (Lipinski definition) is 3. The summed E-state index contributed by atoms with van der Waals surface area (Å²) in [5.41, 5.74) is 0. The minimum atomic E-state index is -0.793. The average Bonchev–Trinajstić information content (AvgIpc) is 3.20. The molecular weight excluding hydrogens is 707 g/mol. The van der Waals surface area contributed by atoms with Gasteiger partial charge in [-0.15, -0.1) is 0 Å². The van der Waals surface area contributed by atoms with Crippen molar-refractivity contribution in [2.24, 2.45) is 0 Å². The third kappa shape index (κ3) is 40.4. The summed E-state index contributed by atoms with van der Waals surface area (Å²) in [5.74, 6) is -0.515. The highest BCUT2D eigenvalue weighted by molar-refractivity contribution is 5.77. The fourth-order valence-electron chi connectivity index (χ4n) is 7.20. The van der Waals surface area contributed by atoms with Gasteiger partial charge in [-0.2, -0.15) is 0 Å². The Kier molecular flexibility index (Phi) is 43.2. The van der Waals surface area contributed by atoms with Crippen LogP contribution in [0.5, 0.6) is 0 Å². The van der Waals surface area contributed by atoms with Gasteiger partial charge in [0.1, 0.15) is 6.10 Å². The third-order valence-electron chi connectivity index (χ3n) is 10.9. The summed E-state index contributed by atoms with van der Waals surface area (Å²) in [4.78, 5) is 26.0. The number of ether oxygens (including phenoxy) is 1.